The minimum absolute atomic E-state index is 0.206. The van der Waals surface area contributed by atoms with Crippen LogP contribution in [-0.2, 0) is 4.79 Å². The van der Waals surface area contributed by atoms with Crippen molar-refractivity contribution in [3.63, 3.8) is 0 Å². The normalized spacial score (nSPS) is 18.3. The van der Waals surface area contributed by atoms with Crippen LogP contribution in [0.5, 0.6) is 0 Å². The van der Waals surface area contributed by atoms with E-state index in [1.165, 1.54) is 0 Å². The van der Waals surface area contributed by atoms with Gasteiger partial charge in [0.05, 0.1) is 12.5 Å². The molecular weight excluding hydrogens is 248 g/mol. The van der Waals surface area contributed by atoms with Gasteiger partial charge in [-0.3, -0.25) is 9.69 Å². The largest absolute Gasteiger partial charge is 0.481 e. The second-order valence-electron chi connectivity index (χ2n) is 4.59. The fourth-order valence-electron chi connectivity index (χ4n) is 2.15. The summed E-state index contributed by atoms with van der Waals surface area (Å²) in [5, 5.41) is 18.2. The quantitative estimate of drug-likeness (QED) is 0.738. The zero-order valence-electron chi connectivity index (χ0n) is 10.6. The fourth-order valence-corrected chi connectivity index (χ4v) is 2.15. The Labute approximate surface area is 111 Å². The van der Waals surface area contributed by atoms with Crippen LogP contribution in [0.3, 0.4) is 0 Å². The number of aromatic nitrogens is 2. The first-order valence-electron chi connectivity index (χ1n) is 6.29. The Bertz CT molecular complexity index is 407. The predicted molar refractivity (Wildman–Crippen MR) is 68.9 cm³/mol. The first-order valence-corrected chi connectivity index (χ1v) is 6.29. The van der Waals surface area contributed by atoms with Crippen molar-refractivity contribution in [3.8, 4) is 0 Å². The van der Waals surface area contributed by atoms with Crippen molar-refractivity contribution < 1.29 is 15.0 Å². The molecule has 1 aromatic rings. The summed E-state index contributed by atoms with van der Waals surface area (Å²) in [6.07, 6.45) is 2.41. The lowest BCUT2D eigenvalue weighted by molar-refractivity contribution is -0.139. The van der Waals surface area contributed by atoms with Crippen LogP contribution in [0.4, 0.5) is 5.95 Å². The molecule has 0 bridgehead atoms. The number of hydrogen-bond donors (Lipinski definition) is 2. The molecule has 0 saturated carbocycles. The number of rotatable bonds is 5. The highest BCUT2D eigenvalue weighted by Gasteiger charge is 2.21. The number of aliphatic carboxylic acids is 1. The molecule has 1 saturated heterocycles. The molecule has 0 aliphatic carbocycles. The number of β-amino-alcohol motifs (C(OH)–C–C–N with tert-alkyl or cyclic N) is 1. The van der Waals surface area contributed by atoms with Gasteiger partial charge in [-0.1, -0.05) is 0 Å². The zero-order valence-corrected chi connectivity index (χ0v) is 10.6. The maximum atomic E-state index is 10.5. The number of aliphatic hydroxyl groups excluding tert-OH is 1. The Kier molecular flexibility index (Phi) is 4.64. The van der Waals surface area contributed by atoms with Gasteiger partial charge in [-0.2, -0.15) is 0 Å². The highest BCUT2D eigenvalue weighted by molar-refractivity contribution is 5.67. The Balaban J connectivity index is 1.78. The Morgan fingerprint density at radius 1 is 1.26 bits per heavy atom. The molecule has 1 aromatic heterocycles. The zero-order chi connectivity index (χ0) is 13.7. The van der Waals surface area contributed by atoms with Crippen LogP contribution in [0.2, 0.25) is 0 Å². The van der Waals surface area contributed by atoms with Gasteiger partial charge in [-0.15, -0.1) is 0 Å². The average molecular weight is 266 g/mol. The molecule has 0 amide bonds. The van der Waals surface area contributed by atoms with Gasteiger partial charge >= 0.3 is 5.97 Å². The monoisotopic (exact) mass is 266 g/mol. The molecule has 1 aliphatic heterocycles. The molecule has 1 unspecified atom stereocenters. The van der Waals surface area contributed by atoms with E-state index in [9.17, 15) is 9.90 Å². The van der Waals surface area contributed by atoms with Crippen molar-refractivity contribution in [2.24, 2.45) is 0 Å². The molecule has 1 fully saturated rings. The summed E-state index contributed by atoms with van der Waals surface area (Å²) < 4.78 is 0. The summed E-state index contributed by atoms with van der Waals surface area (Å²) in [5.74, 6) is -0.253. The molecule has 7 nitrogen and oxygen atoms in total. The van der Waals surface area contributed by atoms with Gasteiger partial charge in [0.15, 0.2) is 0 Å². The predicted octanol–water partition coefficient (Wildman–Crippen LogP) is -0.566. The van der Waals surface area contributed by atoms with E-state index in [1.54, 1.807) is 18.5 Å². The highest BCUT2D eigenvalue weighted by Crippen LogP contribution is 2.10. The Morgan fingerprint density at radius 3 is 2.47 bits per heavy atom. The maximum Gasteiger partial charge on any atom is 0.306 e. The van der Waals surface area contributed by atoms with Gasteiger partial charge in [-0.05, 0) is 6.07 Å². The average Bonchev–Trinajstić information content (AvgIpc) is 2.39. The van der Waals surface area contributed by atoms with E-state index in [0.29, 0.717) is 12.5 Å². The van der Waals surface area contributed by atoms with Crippen molar-refractivity contribution >= 4 is 11.9 Å². The molecule has 7 heteroatoms. The van der Waals surface area contributed by atoms with E-state index in [0.717, 1.165) is 26.2 Å². The van der Waals surface area contributed by atoms with Crippen LogP contribution < -0.4 is 4.90 Å². The first kappa shape index (κ1) is 13.7. The van der Waals surface area contributed by atoms with Crippen molar-refractivity contribution in [2.45, 2.75) is 12.5 Å². The van der Waals surface area contributed by atoms with Crippen LogP contribution in [0.1, 0.15) is 6.42 Å². The molecule has 0 spiro atoms. The van der Waals surface area contributed by atoms with Crippen molar-refractivity contribution in [1.29, 1.82) is 0 Å². The SMILES string of the molecule is O=C(O)CC(O)CN1CCN(c2ncccn2)CC1. The second-order valence-corrected chi connectivity index (χ2v) is 4.59. The van der Waals surface area contributed by atoms with Gasteiger partial charge < -0.3 is 15.1 Å². The number of aliphatic hydroxyl groups is 1. The Hall–Kier alpha value is -1.73. The lowest BCUT2D eigenvalue weighted by Gasteiger charge is -2.35. The Morgan fingerprint density at radius 2 is 1.89 bits per heavy atom. The van der Waals surface area contributed by atoms with Crippen LogP contribution in [0, 0.1) is 0 Å². The third-order valence-electron chi connectivity index (χ3n) is 3.09. The molecule has 2 N–H and O–H groups in total. The topological polar surface area (TPSA) is 89.8 Å². The van der Waals surface area contributed by atoms with Crippen molar-refractivity contribution in [3.05, 3.63) is 18.5 Å². The number of carboxylic acids is 1. The minimum Gasteiger partial charge on any atom is -0.481 e. The molecule has 1 aliphatic rings. The van der Waals surface area contributed by atoms with E-state index >= 15 is 0 Å². The number of nitrogens with zero attached hydrogens (tertiary/aromatic N) is 4. The second kappa shape index (κ2) is 6.44. The van der Waals surface area contributed by atoms with E-state index in [1.807, 2.05) is 0 Å². The van der Waals surface area contributed by atoms with Gasteiger partial charge in [-0.25, -0.2) is 9.97 Å². The van der Waals surface area contributed by atoms with Crippen LogP contribution in [0.15, 0.2) is 18.5 Å². The lowest BCUT2D eigenvalue weighted by Crippen LogP contribution is -2.49. The highest BCUT2D eigenvalue weighted by atomic mass is 16.4. The molecule has 0 radical (unpaired) electrons. The molecule has 2 rings (SSSR count). The third-order valence-corrected chi connectivity index (χ3v) is 3.09. The molecule has 19 heavy (non-hydrogen) atoms. The summed E-state index contributed by atoms with van der Waals surface area (Å²) in [7, 11) is 0. The van der Waals surface area contributed by atoms with Gasteiger partial charge in [0.25, 0.3) is 0 Å². The molecule has 2 heterocycles. The standard InChI is InChI=1S/C12H18N4O3/c17-10(8-11(18)19)9-15-4-6-16(7-5-15)12-13-2-1-3-14-12/h1-3,10,17H,4-9H2,(H,18,19). The van der Waals surface area contributed by atoms with Crippen LogP contribution in [0.25, 0.3) is 0 Å². The summed E-state index contributed by atoms with van der Waals surface area (Å²) >= 11 is 0. The van der Waals surface area contributed by atoms with E-state index in [4.69, 9.17) is 5.11 Å². The van der Waals surface area contributed by atoms with E-state index < -0.39 is 12.1 Å². The number of carbonyl (C=O) groups is 1. The number of anilines is 1. The number of piperazine rings is 1. The van der Waals surface area contributed by atoms with Crippen LogP contribution >= 0.6 is 0 Å². The maximum absolute atomic E-state index is 10.5. The number of hydrogen-bond acceptors (Lipinski definition) is 6. The minimum atomic E-state index is -0.969. The lowest BCUT2D eigenvalue weighted by atomic mass is 10.2. The smallest absolute Gasteiger partial charge is 0.306 e. The molecule has 0 aromatic carbocycles. The van der Waals surface area contributed by atoms with Crippen molar-refractivity contribution in [2.75, 3.05) is 37.6 Å². The van der Waals surface area contributed by atoms with Crippen LogP contribution in [-0.4, -0.2) is 69.9 Å². The van der Waals surface area contributed by atoms with E-state index in [2.05, 4.69) is 19.8 Å². The van der Waals surface area contributed by atoms with Crippen molar-refractivity contribution in [1.82, 2.24) is 14.9 Å². The third kappa shape index (κ3) is 4.15. The molecule has 1 atom stereocenters. The number of carboxylic acid groups (broad SMARTS) is 1. The summed E-state index contributed by atoms with van der Waals surface area (Å²) in [6, 6.07) is 1.78. The first-order chi connectivity index (χ1) is 9.15. The molecule has 104 valence electrons. The van der Waals surface area contributed by atoms with E-state index in [-0.39, 0.29) is 6.42 Å². The van der Waals surface area contributed by atoms with Gasteiger partial charge in [0.1, 0.15) is 0 Å². The summed E-state index contributed by atoms with van der Waals surface area (Å²) in [6.45, 7) is 3.51. The van der Waals surface area contributed by atoms with Gasteiger partial charge in [0, 0.05) is 45.1 Å². The van der Waals surface area contributed by atoms with Gasteiger partial charge in [0.2, 0.25) is 5.95 Å². The summed E-state index contributed by atoms with van der Waals surface area (Å²) in [5.41, 5.74) is 0. The molecular formula is C12H18N4O3. The fraction of sp³-hybridized carbons (Fsp3) is 0.583. The summed E-state index contributed by atoms with van der Waals surface area (Å²) in [4.78, 5) is 23.0.